The Hall–Kier alpha value is -1.59. The van der Waals surface area contributed by atoms with E-state index in [0.717, 1.165) is 55.3 Å². The van der Waals surface area contributed by atoms with Gasteiger partial charge in [0.05, 0.1) is 24.7 Å². The number of aromatic nitrogens is 2. The van der Waals surface area contributed by atoms with Crippen molar-refractivity contribution in [1.29, 1.82) is 0 Å². The van der Waals surface area contributed by atoms with E-state index in [1.165, 1.54) is 6.42 Å². The molecule has 0 saturated carbocycles. The van der Waals surface area contributed by atoms with E-state index in [1.807, 2.05) is 12.1 Å². The number of nitrogens with one attached hydrogen (secondary N) is 1. The van der Waals surface area contributed by atoms with Gasteiger partial charge in [-0.25, -0.2) is 4.98 Å². The first-order valence-electron chi connectivity index (χ1n) is 7.20. The van der Waals surface area contributed by atoms with Crippen LogP contribution in [0.25, 0.3) is 11.0 Å². The van der Waals surface area contributed by atoms with Gasteiger partial charge in [-0.1, -0.05) is 0 Å². The zero-order chi connectivity index (χ0) is 13.9. The van der Waals surface area contributed by atoms with Crippen molar-refractivity contribution in [1.82, 2.24) is 19.8 Å². The lowest BCUT2D eigenvalue weighted by atomic mass is 10.3. The predicted octanol–water partition coefficient (Wildman–Crippen LogP) is 1.38. The van der Waals surface area contributed by atoms with Gasteiger partial charge in [0.2, 0.25) is 0 Å². The molecular weight excluding hydrogens is 252 g/mol. The van der Waals surface area contributed by atoms with Gasteiger partial charge >= 0.3 is 0 Å². The van der Waals surface area contributed by atoms with Gasteiger partial charge in [0.25, 0.3) is 0 Å². The van der Waals surface area contributed by atoms with Crippen LogP contribution in [0.2, 0.25) is 0 Å². The quantitative estimate of drug-likeness (QED) is 0.918. The Labute approximate surface area is 119 Å². The first-order chi connectivity index (χ1) is 9.78. The minimum absolute atomic E-state index is 0.862. The van der Waals surface area contributed by atoms with Gasteiger partial charge in [0.15, 0.2) is 0 Å². The van der Waals surface area contributed by atoms with Crippen LogP contribution in [-0.4, -0.2) is 47.7 Å². The van der Waals surface area contributed by atoms with Gasteiger partial charge in [-0.2, -0.15) is 0 Å². The summed E-state index contributed by atoms with van der Waals surface area (Å²) in [5, 5.41) is 3.43. The summed E-state index contributed by atoms with van der Waals surface area (Å²) in [5.74, 6) is 1.98. The lowest BCUT2D eigenvalue weighted by Gasteiger charge is -2.18. The predicted molar refractivity (Wildman–Crippen MR) is 80.0 cm³/mol. The number of nitrogens with zero attached hydrogens (tertiary/aromatic N) is 3. The standard InChI is InChI=1S/C15H22N4O/c1-18-14-5-4-12(20-2)10-13(14)17-15(18)11-19-8-3-6-16-7-9-19/h4-5,10,16H,3,6-9,11H2,1-2H3. The SMILES string of the molecule is COc1ccc2c(c1)nc(CN1CCCNCC1)n2C. The zero-order valence-electron chi connectivity index (χ0n) is 12.2. The van der Waals surface area contributed by atoms with Crippen LogP contribution in [0, 0.1) is 0 Å². The smallest absolute Gasteiger partial charge is 0.123 e. The van der Waals surface area contributed by atoms with E-state index in [1.54, 1.807) is 7.11 Å². The van der Waals surface area contributed by atoms with E-state index in [0.29, 0.717) is 0 Å². The molecule has 0 amide bonds. The summed E-state index contributed by atoms with van der Waals surface area (Å²) >= 11 is 0. The number of hydrogen-bond donors (Lipinski definition) is 1. The Bertz CT molecular complexity index is 585. The normalized spacial score (nSPS) is 17.3. The first-order valence-corrected chi connectivity index (χ1v) is 7.20. The van der Waals surface area contributed by atoms with Gasteiger partial charge in [-0.05, 0) is 31.6 Å². The minimum atomic E-state index is 0.862. The van der Waals surface area contributed by atoms with Gasteiger partial charge in [-0.3, -0.25) is 4.90 Å². The van der Waals surface area contributed by atoms with E-state index < -0.39 is 0 Å². The summed E-state index contributed by atoms with van der Waals surface area (Å²) in [6.45, 7) is 5.33. The van der Waals surface area contributed by atoms with Crippen LogP contribution >= 0.6 is 0 Å². The highest BCUT2D eigenvalue weighted by atomic mass is 16.5. The highest BCUT2D eigenvalue weighted by Gasteiger charge is 2.14. The first kappa shape index (κ1) is 13.4. The Morgan fingerprint density at radius 3 is 3.05 bits per heavy atom. The average Bonchev–Trinajstić information content (AvgIpc) is 2.66. The van der Waals surface area contributed by atoms with Crippen molar-refractivity contribution in [2.24, 2.45) is 7.05 Å². The molecule has 1 saturated heterocycles. The average molecular weight is 274 g/mol. The van der Waals surface area contributed by atoms with Crippen LogP contribution in [0.5, 0.6) is 5.75 Å². The largest absolute Gasteiger partial charge is 0.497 e. The van der Waals surface area contributed by atoms with E-state index >= 15 is 0 Å². The second kappa shape index (κ2) is 5.81. The minimum Gasteiger partial charge on any atom is -0.497 e. The molecule has 5 nitrogen and oxygen atoms in total. The number of fused-ring (bicyclic) bond motifs is 1. The van der Waals surface area contributed by atoms with Crippen molar-refractivity contribution in [3.8, 4) is 5.75 Å². The van der Waals surface area contributed by atoms with E-state index in [-0.39, 0.29) is 0 Å². The molecule has 0 bridgehead atoms. The number of hydrogen-bond acceptors (Lipinski definition) is 4. The van der Waals surface area contributed by atoms with Crippen LogP contribution in [0.15, 0.2) is 18.2 Å². The van der Waals surface area contributed by atoms with E-state index in [9.17, 15) is 0 Å². The molecule has 0 atom stereocenters. The maximum absolute atomic E-state index is 5.27. The number of aryl methyl sites for hydroxylation is 1. The number of methoxy groups -OCH3 is 1. The number of benzene rings is 1. The second-order valence-corrected chi connectivity index (χ2v) is 5.32. The molecule has 1 aromatic heterocycles. The molecule has 5 heteroatoms. The molecule has 0 aliphatic carbocycles. The molecule has 1 aliphatic rings. The van der Waals surface area contributed by atoms with Crippen LogP contribution in [0.1, 0.15) is 12.2 Å². The molecule has 1 fully saturated rings. The van der Waals surface area contributed by atoms with Crippen molar-refractivity contribution in [3.05, 3.63) is 24.0 Å². The van der Waals surface area contributed by atoms with E-state index in [2.05, 4.69) is 27.9 Å². The van der Waals surface area contributed by atoms with Gasteiger partial charge in [0.1, 0.15) is 11.6 Å². The highest BCUT2D eigenvalue weighted by Crippen LogP contribution is 2.21. The van der Waals surface area contributed by atoms with E-state index in [4.69, 9.17) is 9.72 Å². The third-order valence-corrected chi connectivity index (χ3v) is 3.98. The van der Waals surface area contributed by atoms with Crippen molar-refractivity contribution in [2.45, 2.75) is 13.0 Å². The maximum atomic E-state index is 5.27. The number of rotatable bonds is 3. The van der Waals surface area contributed by atoms with Crippen LogP contribution in [0.4, 0.5) is 0 Å². The molecule has 20 heavy (non-hydrogen) atoms. The summed E-state index contributed by atoms with van der Waals surface area (Å²) in [7, 11) is 3.78. The molecular formula is C15H22N4O. The van der Waals surface area contributed by atoms with Gasteiger partial charge < -0.3 is 14.6 Å². The number of ether oxygens (including phenoxy) is 1. The molecule has 1 aromatic carbocycles. The third kappa shape index (κ3) is 2.64. The van der Waals surface area contributed by atoms with Crippen molar-refractivity contribution in [2.75, 3.05) is 33.3 Å². The molecule has 0 unspecified atom stereocenters. The fraction of sp³-hybridized carbons (Fsp3) is 0.533. The fourth-order valence-corrected chi connectivity index (χ4v) is 2.76. The van der Waals surface area contributed by atoms with Crippen molar-refractivity contribution >= 4 is 11.0 Å². The Kier molecular flexibility index (Phi) is 3.89. The summed E-state index contributed by atoms with van der Waals surface area (Å²) in [6, 6.07) is 6.07. The maximum Gasteiger partial charge on any atom is 0.123 e. The third-order valence-electron chi connectivity index (χ3n) is 3.98. The van der Waals surface area contributed by atoms with Crippen molar-refractivity contribution in [3.63, 3.8) is 0 Å². The molecule has 3 rings (SSSR count). The van der Waals surface area contributed by atoms with Gasteiger partial charge in [0, 0.05) is 26.2 Å². The zero-order valence-corrected chi connectivity index (χ0v) is 12.2. The van der Waals surface area contributed by atoms with Crippen molar-refractivity contribution < 1.29 is 4.74 Å². The Morgan fingerprint density at radius 2 is 2.20 bits per heavy atom. The molecule has 0 radical (unpaired) electrons. The summed E-state index contributed by atoms with van der Waals surface area (Å²) < 4.78 is 7.46. The molecule has 1 N–H and O–H groups in total. The molecule has 2 aromatic rings. The Balaban J connectivity index is 1.85. The highest BCUT2D eigenvalue weighted by molar-refractivity contribution is 5.77. The van der Waals surface area contributed by atoms with Crippen LogP contribution in [-0.2, 0) is 13.6 Å². The van der Waals surface area contributed by atoms with Gasteiger partial charge in [-0.15, -0.1) is 0 Å². The monoisotopic (exact) mass is 274 g/mol. The van der Waals surface area contributed by atoms with Crippen LogP contribution < -0.4 is 10.1 Å². The second-order valence-electron chi connectivity index (χ2n) is 5.32. The number of imidazole rings is 1. The summed E-state index contributed by atoms with van der Waals surface area (Å²) in [4.78, 5) is 7.24. The molecule has 2 heterocycles. The topological polar surface area (TPSA) is 42.3 Å². The lowest BCUT2D eigenvalue weighted by Crippen LogP contribution is -2.28. The fourth-order valence-electron chi connectivity index (χ4n) is 2.76. The lowest BCUT2D eigenvalue weighted by molar-refractivity contribution is 0.275. The molecule has 0 spiro atoms. The molecule has 1 aliphatic heterocycles. The summed E-state index contributed by atoms with van der Waals surface area (Å²) in [5.41, 5.74) is 2.17. The summed E-state index contributed by atoms with van der Waals surface area (Å²) in [6.07, 6.45) is 1.21. The van der Waals surface area contributed by atoms with Crippen LogP contribution in [0.3, 0.4) is 0 Å². The molecule has 108 valence electrons. The Morgan fingerprint density at radius 1 is 1.30 bits per heavy atom.